The Hall–Kier alpha value is -0.570. The van der Waals surface area contributed by atoms with Crippen molar-refractivity contribution in [1.29, 1.82) is 0 Å². The van der Waals surface area contributed by atoms with Crippen LogP contribution in [0.25, 0.3) is 0 Å². The summed E-state index contributed by atoms with van der Waals surface area (Å²) in [6.07, 6.45) is 5.79. The van der Waals surface area contributed by atoms with Crippen molar-refractivity contribution >= 4 is 5.97 Å². The standard InChI is InChI=1S/C12H23NO2/c1-3-4-8-15-12(14)9-13-11-7-5-6-10(11)2/h10-11,13H,3-9H2,1-2H3. The molecule has 1 aliphatic carbocycles. The highest BCUT2D eigenvalue weighted by atomic mass is 16.5. The van der Waals surface area contributed by atoms with Gasteiger partial charge in [0.15, 0.2) is 0 Å². The third-order valence-electron chi connectivity index (χ3n) is 3.13. The largest absolute Gasteiger partial charge is 0.465 e. The maximum absolute atomic E-state index is 11.3. The molecule has 1 aliphatic rings. The smallest absolute Gasteiger partial charge is 0.319 e. The Morgan fingerprint density at radius 2 is 2.27 bits per heavy atom. The first-order valence-electron chi connectivity index (χ1n) is 6.13. The van der Waals surface area contributed by atoms with Crippen LogP contribution >= 0.6 is 0 Å². The van der Waals surface area contributed by atoms with E-state index in [2.05, 4.69) is 19.2 Å². The lowest BCUT2D eigenvalue weighted by Crippen LogP contribution is -2.36. The van der Waals surface area contributed by atoms with Crippen molar-refractivity contribution in [2.24, 2.45) is 5.92 Å². The highest BCUT2D eigenvalue weighted by Crippen LogP contribution is 2.24. The Labute approximate surface area is 92.6 Å². The molecule has 0 heterocycles. The number of hydrogen-bond acceptors (Lipinski definition) is 3. The van der Waals surface area contributed by atoms with Crippen LogP contribution in [0.4, 0.5) is 0 Å². The zero-order valence-electron chi connectivity index (χ0n) is 9.92. The van der Waals surface area contributed by atoms with Gasteiger partial charge in [-0.2, -0.15) is 0 Å². The zero-order chi connectivity index (χ0) is 11.1. The van der Waals surface area contributed by atoms with Gasteiger partial charge in [-0.05, 0) is 25.2 Å². The molecule has 88 valence electrons. The fraction of sp³-hybridized carbons (Fsp3) is 0.917. The minimum Gasteiger partial charge on any atom is -0.465 e. The number of hydrogen-bond donors (Lipinski definition) is 1. The van der Waals surface area contributed by atoms with Crippen molar-refractivity contribution in [3.8, 4) is 0 Å². The Morgan fingerprint density at radius 3 is 2.87 bits per heavy atom. The van der Waals surface area contributed by atoms with Gasteiger partial charge in [0.25, 0.3) is 0 Å². The molecule has 1 rings (SSSR count). The van der Waals surface area contributed by atoms with E-state index in [1.165, 1.54) is 19.3 Å². The third-order valence-corrected chi connectivity index (χ3v) is 3.13. The molecule has 2 unspecified atom stereocenters. The molecule has 15 heavy (non-hydrogen) atoms. The molecular weight excluding hydrogens is 190 g/mol. The average molecular weight is 213 g/mol. The number of carbonyl (C=O) groups excluding carboxylic acids is 1. The summed E-state index contributed by atoms with van der Waals surface area (Å²) in [5, 5.41) is 3.28. The molecule has 1 saturated carbocycles. The van der Waals surface area contributed by atoms with Crippen molar-refractivity contribution in [3.63, 3.8) is 0 Å². The number of carbonyl (C=O) groups is 1. The van der Waals surface area contributed by atoms with Gasteiger partial charge in [-0.1, -0.05) is 26.7 Å². The first-order valence-corrected chi connectivity index (χ1v) is 6.13. The maximum atomic E-state index is 11.3. The Bertz CT molecular complexity index is 194. The van der Waals surface area contributed by atoms with E-state index in [1.807, 2.05) is 0 Å². The fourth-order valence-electron chi connectivity index (χ4n) is 2.04. The second kappa shape index (κ2) is 6.83. The maximum Gasteiger partial charge on any atom is 0.319 e. The lowest BCUT2D eigenvalue weighted by Gasteiger charge is -2.16. The highest BCUT2D eigenvalue weighted by Gasteiger charge is 2.23. The summed E-state index contributed by atoms with van der Waals surface area (Å²) < 4.78 is 5.08. The highest BCUT2D eigenvalue weighted by molar-refractivity contribution is 5.71. The van der Waals surface area contributed by atoms with Gasteiger partial charge < -0.3 is 10.1 Å². The van der Waals surface area contributed by atoms with E-state index in [0.29, 0.717) is 25.1 Å². The van der Waals surface area contributed by atoms with Crippen molar-refractivity contribution in [2.75, 3.05) is 13.2 Å². The van der Waals surface area contributed by atoms with Gasteiger partial charge in [0.05, 0.1) is 13.2 Å². The minimum atomic E-state index is -0.109. The van der Waals surface area contributed by atoms with Gasteiger partial charge in [0.2, 0.25) is 0 Å². The van der Waals surface area contributed by atoms with Crippen LogP contribution in [0.2, 0.25) is 0 Å². The first kappa shape index (κ1) is 12.5. The molecule has 0 amide bonds. The van der Waals surface area contributed by atoms with Crippen LogP contribution in [0.1, 0.15) is 46.0 Å². The Kier molecular flexibility index (Phi) is 5.69. The van der Waals surface area contributed by atoms with Gasteiger partial charge in [-0.25, -0.2) is 0 Å². The third kappa shape index (κ3) is 4.65. The summed E-state index contributed by atoms with van der Waals surface area (Å²) in [6.45, 7) is 5.27. The van der Waals surface area contributed by atoms with Crippen LogP contribution in [-0.2, 0) is 9.53 Å². The van der Waals surface area contributed by atoms with E-state index in [1.54, 1.807) is 0 Å². The Morgan fingerprint density at radius 1 is 1.47 bits per heavy atom. The number of rotatable bonds is 6. The molecule has 3 nitrogen and oxygen atoms in total. The van der Waals surface area contributed by atoms with Crippen molar-refractivity contribution < 1.29 is 9.53 Å². The topological polar surface area (TPSA) is 38.3 Å². The summed E-state index contributed by atoms with van der Waals surface area (Å²) >= 11 is 0. The van der Waals surface area contributed by atoms with E-state index in [4.69, 9.17) is 4.74 Å². The number of ether oxygens (including phenoxy) is 1. The van der Waals surface area contributed by atoms with Gasteiger partial charge in [0, 0.05) is 6.04 Å². The van der Waals surface area contributed by atoms with E-state index in [0.717, 1.165) is 12.8 Å². The fourth-order valence-corrected chi connectivity index (χ4v) is 2.04. The molecule has 0 bridgehead atoms. The summed E-state index contributed by atoms with van der Waals surface area (Å²) in [6, 6.07) is 0.517. The molecule has 0 aliphatic heterocycles. The lowest BCUT2D eigenvalue weighted by atomic mass is 10.1. The molecule has 0 aromatic rings. The molecule has 2 atom stereocenters. The molecule has 0 aromatic carbocycles. The van der Waals surface area contributed by atoms with Crippen molar-refractivity contribution in [2.45, 2.75) is 52.0 Å². The summed E-state index contributed by atoms with van der Waals surface area (Å²) in [4.78, 5) is 11.3. The zero-order valence-corrected chi connectivity index (χ0v) is 9.92. The predicted molar refractivity (Wildman–Crippen MR) is 60.7 cm³/mol. The molecular formula is C12H23NO2. The van der Waals surface area contributed by atoms with Crippen molar-refractivity contribution in [1.82, 2.24) is 5.32 Å². The second-order valence-electron chi connectivity index (χ2n) is 4.47. The van der Waals surface area contributed by atoms with Crippen LogP contribution in [0.5, 0.6) is 0 Å². The van der Waals surface area contributed by atoms with Crippen molar-refractivity contribution in [3.05, 3.63) is 0 Å². The van der Waals surface area contributed by atoms with Crippen LogP contribution in [0, 0.1) is 5.92 Å². The first-order chi connectivity index (χ1) is 7.24. The molecule has 1 N–H and O–H groups in total. The molecule has 1 fully saturated rings. The number of nitrogens with one attached hydrogen (secondary N) is 1. The van der Waals surface area contributed by atoms with E-state index in [9.17, 15) is 4.79 Å². The molecule has 0 saturated heterocycles. The Balaban J connectivity index is 2.05. The summed E-state index contributed by atoms with van der Waals surface area (Å²) in [5.41, 5.74) is 0. The monoisotopic (exact) mass is 213 g/mol. The normalized spacial score (nSPS) is 25.5. The molecule has 0 spiro atoms. The summed E-state index contributed by atoms with van der Waals surface area (Å²) in [7, 11) is 0. The number of unbranched alkanes of at least 4 members (excludes halogenated alkanes) is 1. The lowest BCUT2D eigenvalue weighted by molar-refractivity contribution is -0.142. The van der Waals surface area contributed by atoms with Gasteiger partial charge in [0.1, 0.15) is 0 Å². The van der Waals surface area contributed by atoms with Gasteiger partial charge in [-0.3, -0.25) is 4.79 Å². The average Bonchev–Trinajstić information content (AvgIpc) is 2.61. The quantitative estimate of drug-likeness (QED) is 0.542. The van der Waals surface area contributed by atoms with Crippen LogP contribution in [-0.4, -0.2) is 25.2 Å². The number of esters is 1. The second-order valence-corrected chi connectivity index (χ2v) is 4.47. The minimum absolute atomic E-state index is 0.109. The molecule has 3 heteroatoms. The van der Waals surface area contributed by atoms with Gasteiger partial charge in [-0.15, -0.1) is 0 Å². The van der Waals surface area contributed by atoms with Crippen LogP contribution in [0.3, 0.4) is 0 Å². The SMILES string of the molecule is CCCCOC(=O)CNC1CCCC1C. The molecule has 0 aromatic heterocycles. The van der Waals surface area contributed by atoms with E-state index >= 15 is 0 Å². The predicted octanol–water partition coefficient (Wildman–Crippen LogP) is 2.11. The van der Waals surface area contributed by atoms with Crippen LogP contribution < -0.4 is 5.32 Å². The van der Waals surface area contributed by atoms with E-state index < -0.39 is 0 Å². The molecule has 0 radical (unpaired) electrons. The van der Waals surface area contributed by atoms with Gasteiger partial charge >= 0.3 is 5.97 Å². The summed E-state index contributed by atoms with van der Waals surface area (Å²) in [5.74, 6) is 0.594. The van der Waals surface area contributed by atoms with Crippen LogP contribution in [0.15, 0.2) is 0 Å². The van der Waals surface area contributed by atoms with E-state index in [-0.39, 0.29) is 5.97 Å².